The molecule has 4 rings (SSSR count). The number of carbonyl (C=O) groups excluding carboxylic acids is 1. The zero-order valence-corrected chi connectivity index (χ0v) is 20.8. The minimum absolute atomic E-state index is 0.0872. The van der Waals surface area contributed by atoms with Crippen molar-refractivity contribution in [1.29, 1.82) is 0 Å². The van der Waals surface area contributed by atoms with Crippen LogP contribution in [0.25, 0.3) is 0 Å². The molecule has 1 heterocycles. The standard InChI is InChI=1S/C31H34O2S/c1-2-3-4-5-9-16-25-23-29(33-30(25)32)24-34-31(26-17-10-6-11-18-26,27-19-12-7-13-20-27)28-21-14-8-15-22-28/h6-8,10-15,17-23,25H,2-5,9,16,24H2,1H3/t25-/m1/s1. The molecule has 0 aromatic heterocycles. The third kappa shape index (κ3) is 5.64. The molecule has 0 saturated heterocycles. The SMILES string of the molecule is CCCCCCC[C@@H]1C=C(CSC(c2ccccc2)(c2ccccc2)c2ccccc2)OC1=O. The van der Waals surface area contributed by atoms with Gasteiger partial charge in [0, 0.05) is 0 Å². The van der Waals surface area contributed by atoms with E-state index in [2.05, 4.69) is 104 Å². The van der Waals surface area contributed by atoms with Crippen LogP contribution in [-0.2, 0) is 14.3 Å². The molecule has 0 spiro atoms. The summed E-state index contributed by atoms with van der Waals surface area (Å²) >= 11 is 1.82. The van der Waals surface area contributed by atoms with Crippen LogP contribution in [-0.4, -0.2) is 11.7 Å². The predicted octanol–water partition coefficient (Wildman–Crippen LogP) is 8.13. The summed E-state index contributed by atoms with van der Waals surface area (Å²) < 4.78 is 5.35. The molecule has 0 aliphatic carbocycles. The Bertz CT molecular complexity index is 964. The normalized spacial score (nSPS) is 15.7. The number of cyclic esters (lactones) is 1. The average molecular weight is 471 g/mol. The molecule has 3 heteroatoms. The van der Waals surface area contributed by atoms with Gasteiger partial charge in [-0.2, -0.15) is 0 Å². The Kier molecular flexibility index (Phi) is 8.65. The number of benzene rings is 3. The van der Waals surface area contributed by atoms with Crippen molar-refractivity contribution in [3.8, 4) is 0 Å². The van der Waals surface area contributed by atoms with E-state index in [4.69, 9.17) is 4.74 Å². The summed E-state index contributed by atoms with van der Waals surface area (Å²) in [5, 5.41) is 0. The number of thioether (sulfide) groups is 1. The van der Waals surface area contributed by atoms with E-state index in [1.165, 1.54) is 42.4 Å². The van der Waals surface area contributed by atoms with Crippen LogP contribution in [0, 0.1) is 5.92 Å². The van der Waals surface area contributed by atoms with E-state index in [0.29, 0.717) is 5.75 Å². The minimum atomic E-state index is -0.407. The maximum atomic E-state index is 12.6. The molecule has 0 N–H and O–H groups in total. The van der Waals surface area contributed by atoms with Crippen LogP contribution in [0.5, 0.6) is 0 Å². The van der Waals surface area contributed by atoms with Gasteiger partial charge in [0.1, 0.15) is 5.76 Å². The van der Waals surface area contributed by atoms with E-state index in [-0.39, 0.29) is 11.9 Å². The highest BCUT2D eigenvalue weighted by atomic mass is 32.2. The summed E-state index contributed by atoms with van der Waals surface area (Å²) in [6.07, 6.45) is 8.98. The van der Waals surface area contributed by atoms with E-state index in [1.807, 2.05) is 11.8 Å². The number of hydrogen-bond acceptors (Lipinski definition) is 3. The molecule has 176 valence electrons. The van der Waals surface area contributed by atoms with Crippen LogP contribution < -0.4 is 0 Å². The Morgan fingerprint density at radius 3 is 1.74 bits per heavy atom. The quantitative estimate of drug-likeness (QED) is 0.152. The number of carbonyl (C=O) groups is 1. The highest BCUT2D eigenvalue weighted by molar-refractivity contribution is 8.00. The molecular weight excluding hydrogens is 436 g/mol. The fourth-order valence-corrected chi connectivity index (χ4v) is 6.15. The van der Waals surface area contributed by atoms with Crippen molar-refractivity contribution in [3.63, 3.8) is 0 Å². The Hall–Kier alpha value is -2.78. The molecule has 0 radical (unpaired) electrons. The molecule has 1 aliphatic heterocycles. The first kappa shape index (κ1) is 24.3. The van der Waals surface area contributed by atoms with Crippen LogP contribution in [0.2, 0.25) is 0 Å². The van der Waals surface area contributed by atoms with Crippen LogP contribution >= 0.6 is 11.8 Å². The second kappa shape index (κ2) is 12.1. The van der Waals surface area contributed by atoms with Gasteiger partial charge >= 0.3 is 5.97 Å². The van der Waals surface area contributed by atoms with E-state index in [1.54, 1.807) is 0 Å². The van der Waals surface area contributed by atoms with Crippen molar-refractivity contribution < 1.29 is 9.53 Å². The summed E-state index contributed by atoms with van der Waals surface area (Å²) in [5.74, 6) is 1.24. The fourth-order valence-electron chi connectivity index (χ4n) is 4.73. The van der Waals surface area contributed by atoms with Crippen LogP contribution in [0.4, 0.5) is 0 Å². The molecule has 0 fully saturated rings. The second-order valence-electron chi connectivity index (χ2n) is 8.93. The van der Waals surface area contributed by atoms with Crippen LogP contribution in [0.3, 0.4) is 0 Å². The van der Waals surface area contributed by atoms with Gasteiger partial charge in [-0.05, 0) is 29.2 Å². The summed E-state index contributed by atoms with van der Waals surface area (Å²) in [4.78, 5) is 12.6. The number of rotatable bonds is 12. The average Bonchev–Trinajstić information content (AvgIpc) is 3.25. The van der Waals surface area contributed by atoms with E-state index >= 15 is 0 Å². The van der Waals surface area contributed by atoms with Crippen molar-refractivity contribution in [1.82, 2.24) is 0 Å². The van der Waals surface area contributed by atoms with Crippen molar-refractivity contribution in [3.05, 3.63) is 120 Å². The van der Waals surface area contributed by atoms with Gasteiger partial charge in [0.15, 0.2) is 0 Å². The van der Waals surface area contributed by atoms with Gasteiger partial charge in [-0.3, -0.25) is 4.79 Å². The molecule has 34 heavy (non-hydrogen) atoms. The molecule has 3 aromatic rings. The van der Waals surface area contributed by atoms with Crippen molar-refractivity contribution >= 4 is 17.7 Å². The minimum Gasteiger partial charge on any atom is -0.430 e. The third-order valence-corrected chi connectivity index (χ3v) is 8.08. The van der Waals surface area contributed by atoms with E-state index in [9.17, 15) is 4.79 Å². The number of hydrogen-bond donors (Lipinski definition) is 0. The second-order valence-corrected chi connectivity index (χ2v) is 10.1. The number of ether oxygens (including phenoxy) is 1. The molecule has 0 bridgehead atoms. The summed E-state index contributed by atoms with van der Waals surface area (Å²) in [5.41, 5.74) is 3.65. The van der Waals surface area contributed by atoms with E-state index in [0.717, 1.165) is 18.6 Å². The zero-order valence-electron chi connectivity index (χ0n) is 20.0. The van der Waals surface area contributed by atoms with Crippen molar-refractivity contribution in [2.24, 2.45) is 5.92 Å². The maximum absolute atomic E-state index is 12.6. The molecule has 0 amide bonds. The highest BCUT2D eigenvalue weighted by Crippen LogP contribution is 2.49. The van der Waals surface area contributed by atoms with Gasteiger partial charge in [0.25, 0.3) is 0 Å². The molecule has 1 atom stereocenters. The topological polar surface area (TPSA) is 26.3 Å². The Morgan fingerprint density at radius 2 is 1.24 bits per heavy atom. The Labute approximate surface area is 208 Å². The van der Waals surface area contributed by atoms with Gasteiger partial charge in [-0.15, -0.1) is 11.8 Å². The van der Waals surface area contributed by atoms with Gasteiger partial charge in [0.2, 0.25) is 0 Å². The number of esters is 1. The Morgan fingerprint density at radius 1 is 0.735 bits per heavy atom. The van der Waals surface area contributed by atoms with Crippen LogP contribution in [0.15, 0.2) is 103 Å². The summed E-state index contributed by atoms with van der Waals surface area (Å²) in [6.45, 7) is 2.22. The van der Waals surface area contributed by atoms with E-state index < -0.39 is 4.75 Å². The highest BCUT2D eigenvalue weighted by Gasteiger charge is 2.38. The monoisotopic (exact) mass is 470 g/mol. The van der Waals surface area contributed by atoms with Gasteiger partial charge in [-0.1, -0.05) is 130 Å². The zero-order chi connectivity index (χ0) is 23.6. The smallest absolute Gasteiger partial charge is 0.318 e. The molecule has 0 saturated carbocycles. The summed E-state index contributed by atoms with van der Waals surface area (Å²) in [6, 6.07) is 31.9. The van der Waals surface area contributed by atoms with Gasteiger partial charge in [0.05, 0.1) is 16.4 Å². The predicted molar refractivity (Wildman–Crippen MR) is 143 cm³/mol. The molecule has 3 aromatic carbocycles. The Balaban J connectivity index is 1.60. The molecule has 1 aliphatic rings. The first-order valence-corrected chi connectivity index (χ1v) is 13.5. The third-order valence-electron chi connectivity index (χ3n) is 6.51. The lowest BCUT2D eigenvalue weighted by molar-refractivity contribution is -0.140. The summed E-state index contributed by atoms with van der Waals surface area (Å²) in [7, 11) is 0. The van der Waals surface area contributed by atoms with Crippen molar-refractivity contribution in [2.75, 3.05) is 5.75 Å². The maximum Gasteiger partial charge on any atom is 0.318 e. The molecule has 2 nitrogen and oxygen atoms in total. The first-order valence-electron chi connectivity index (χ1n) is 12.5. The van der Waals surface area contributed by atoms with Gasteiger partial charge < -0.3 is 4.74 Å². The lowest BCUT2D eigenvalue weighted by atomic mass is 9.84. The van der Waals surface area contributed by atoms with Crippen molar-refractivity contribution in [2.45, 2.75) is 50.2 Å². The van der Waals surface area contributed by atoms with Gasteiger partial charge in [-0.25, -0.2) is 0 Å². The lowest BCUT2D eigenvalue weighted by Gasteiger charge is -2.35. The van der Waals surface area contributed by atoms with Crippen LogP contribution in [0.1, 0.15) is 62.1 Å². The first-order chi connectivity index (χ1) is 16.7. The number of unbranched alkanes of at least 4 members (excludes halogenated alkanes) is 4. The molecule has 0 unspecified atom stereocenters. The lowest BCUT2D eigenvalue weighted by Crippen LogP contribution is -2.26. The fraction of sp³-hybridized carbons (Fsp3) is 0.323. The largest absolute Gasteiger partial charge is 0.430 e. The molecular formula is C31H34O2S.